The molecule has 132 valence electrons. The van der Waals surface area contributed by atoms with Gasteiger partial charge in [-0.05, 0) is 50.4 Å². The lowest BCUT2D eigenvalue weighted by Crippen LogP contribution is -2.28. The monoisotopic (exact) mass is 388 g/mol. The van der Waals surface area contributed by atoms with E-state index in [9.17, 15) is 4.79 Å². The zero-order chi connectivity index (χ0) is 15.2. The van der Waals surface area contributed by atoms with Gasteiger partial charge in [-0.3, -0.25) is 9.78 Å². The molecule has 3 rings (SSSR count). The molecule has 0 unspecified atom stereocenters. The van der Waals surface area contributed by atoms with Gasteiger partial charge in [0.2, 0.25) is 5.91 Å². The van der Waals surface area contributed by atoms with Gasteiger partial charge >= 0.3 is 0 Å². The van der Waals surface area contributed by atoms with Crippen LogP contribution in [0.15, 0.2) is 29.8 Å². The first-order valence-electron chi connectivity index (χ1n) is 7.69. The van der Waals surface area contributed by atoms with E-state index in [0.717, 1.165) is 30.9 Å². The summed E-state index contributed by atoms with van der Waals surface area (Å²) in [7, 11) is 0. The predicted octanol–water partition coefficient (Wildman–Crippen LogP) is 3.77. The molecule has 2 N–H and O–H groups in total. The highest BCUT2D eigenvalue weighted by Gasteiger charge is 2.15. The van der Waals surface area contributed by atoms with Crippen molar-refractivity contribution < 1.29 is 4.79 Å². The molecule has 3 heterocycles. The maximum absolute atomic E-state index is 12.0. The van der Waals surface area contributed by atoms with Crippen LogP contribution in [0.3, 0.4) is 0 Å². The molecule has 0 aliphatic carbocycles. The molecule has 2 aromatic rings. The first-order valence-corrected chi connectivity index (χ1v) is 8.57. The van der Waals surface area contributed by atoms with Crippen molar-refractivity contribution in [3.8, 4) is 11.4 Å². The molecule has 8 heteroatoms. The molecule has 0 radical (unpaired) electrons. The average Bonchev–Trinajstić information content (AvgIpc) is 3.03. The number of amides is 1. The quantitative estimate of drug-likeness (QED) is 0.817. The summed E-state index contributed by atoms with van der Waals surface area (Å²) in [6, 6.07) is 5.72. The molecule has 5 nitrogen and oxygen atoms in total. The van der Waals surface area contributed by atoms with Crippen LogP contribution in [0.4, 0.5) is 5.13 Å². The Balaban J connectivity index is 0.00000144. The van der Waals surface area contributed by atoms with Gasteiger partial charge in [0.25, 0.3) is 0 Å². The van der Waals surface area contributed by atoms with Gasteiger partial charge in [0.15, 0.2) is 5.13 Å². The summed E-state index contributed by atoms with van der Waals surface area (Å²) in [5.74, 6) is 0.729. The number of pyridine rings is 1. The van der Waals surface area contributed by atoms with Gasteiger partial charge in [0.05, 0.1) is 5.69 Å². The van der Waals surface area contributed by atoms with Crippen molar-refractivity contribution in [1.29, 1.82) is 0 Å². The SMILES string of the molecule is Cl.Cl.O=C(CCC1CCNCC1)Nc1nc(-c2ccccn2)cs1. The molecule has 1 aliphatic rings. The van der Waals surface area contributed by atoms with Crippen LogP contribution in [0.25, 0.3) is 11.4 Å². The standard InChI is InChI=1S/C16H20N4OS.2ClH/c21-15(5-4-12-6-9-17-10-7-12)20-16-19-14(11-22-16)13-3-1-2-8-18-13;;/h1-3,8,11-12,17H,4-7,9-10H2,(H,19,20,21);2*1H. The van der Waals surface area contributed by atoms with Gasteiger partial charge < -0.3 is 10.6 Å². The fourth-order valence-electron chi connectivity index (χ4n) is 2.65. The Labute approximate surface area is 158 Å². The van der Waals surface area contributed by atoms with Crippen LogP contribution in [-0.2, 0) is 4.79 Å². The third kappa shape index (κ3) is 6.02. The minimum atomic E-state index is 0. The molecule has 2 aromatic heterocycles. The highest BCUT2D eigenvalue weighted by atomic mass is 35.5. The number of nitrogens with zero attached hydrogens (tertiary/aromatic N) is 2. The van der Waals surface area contributed by atoms with Crippen LogP contribution >= 0.6 is 36.2 Å². The van der Waals surface area contributed by atoms with Gasteiger partial charge in [0, 0.05) is 18.0 Å². The van der Waals surface area contributed by atoms with E-state index in [4.69, 9.17) is 0 Å². The average molecular weight is 389 g/mol. The van der Waals surface area contributed by atoms with E-state index in [2.05, 4.69) is 20.6 Å². The third-order valence-corrected chi connectivity index (χ3v) is 4.67. The number of halogens is 2. The second kappa shape index (κ2) is 10.6. The highest BCUT2D eigenvalue weighted by molar-refractivity contribution is 7.14. The first kappa shape index (κ1) is 20.8. The molecule has 1 fully saturated rings. The number of hydrogen-bond acceptors (Lipinski definition) is 5. The topological polar surface area (TPSA) is 66.9 Å². The van der Waals surface area contributed by atoms with Crippen LogP contribution < -0.4 is 10.6 Å². The number of nitrogens with one attached hydrogen (secondary N) is 2. The molecule has 24 heavy (non-hydrogen) atoms. The Morgan fingerprint density at radius 2 is 2.04 bits per heavy atom. The molecule has 0 atom stereocenters. The summed E-state index contributed by atoms with van der Waals surface area (Å²) in [4.78, 5) is 20.7. The fourth-order valence-corrected chi connectivity index (χ4v) is 3.37. The summed E-state index contributed by atoms with van der Waals surface area (Å²) < 4.78 is 0. The zero-order valence-electron chi connectivity index (χ0n) is 13.2. The lowest BCUT2D eigenvalue weighted by Gasteiger charge is -2.21. The Morgan fingerprint density at radius 3 is 2.75 bits per heavy atom. The molecular weight excluding hydrogens is 367 g/mol. The van der Waals surface area contributed by atoms with Crippen LogP contribution in [0.2, 0.25) is 0 Å². The molecule has 0 aromatic carbocycles. The first-order chi connectivity index (χ1) is 10.8. The van der Waals surface area contributed by atoms with Crippen molar-refractivity contribution in [2.45, 2.75) is 25.7 Å². The van der Waals surface area contributed by atoms with Crippen molar-refractivity contribution >= 4 is 47.2 Å². The summed E-state index contributed by atoms with van der Waals surface area (Å²) >= 11 is 1.44. The lowest BCUT2D eigenvalue weighted by molar-refractivity contribution is -0.116. The van der Waals surface area contributed by atoms with Gasteiger partial charge in [-0.2, -0.15) is 0 Å². The summed E-state index contributed by atoms with van der Waals surface area (Å²) in [6.45, 7) is 2.15. The number of thiazole rings is 1. The Kier molecular flexibility index (Phi) is 9.21. The predicted molar refractivity (Wildman–Crippen MR) is 103 cm³/mol. The van der Waals surface area contributed by atoms with E-state index >= 15 is 0 Å². The fraction of sp³-hybridized carbons (Fsp3) is 0.438. The lowest BCUT2D eigenvalue weighted by atomic mass is 9.93. The second-order valence-electron chi connectivity index (χ2n) is 5.53. The molecule has 0 bridgehead atoms. The Hall–Kier alpha value is -1.21. The number of rotatable bonds is 5. The molecule has 0 saturated carbocycles. The van der Waals surface area contributed by atoms with Gasteiger partial charge in [-0.25, -0.2) is 4.98 Å². The van der Waals surface area contributed by atoms with Crippen LogP contribution in [0.5, 0.6) is 0 Å². The number of anilines is 1. The summed E-state index contributed by atoms with van der Waals surface area (Å²) in [6.07, 6.45) is 5.63. The minimum absolute atomic E-state index is 0. The number of carbonyl (C=O) groups is 1. The normalized spacial score (nSPS) is 14.3. The molecule has 1 aliphatic heterocycles. The molecule has 1 amide bonds. The van der Waals surface area contributed by atoms with Crippen molar-refractivity contribution in [3.05, 3.63) is 29.8 Å². The second-order valence-corrected chi connectivity index (χ2v) is 6.39. The minimum Gasteiger partial charge on any atom is -0.317 e. The maximum atomic E-state index is 12.0. The van der Waals surface area contributed by atoms with Crippen LogP contribution in [0.1, 0.15) is 25.7 Å². The van der Waals surface area contributed by atoms with Crippen molar-refractivity contribution in [2.75, 3.05) is 18.4 Å². The highest BCUT2D eigenvalue weighted by Crippen LogP contribution is 2.24. The number of piperidine rings is 1. The van der Waals surface area contributed by atoms with E-state index in [1.165, 1.54) is 24.2 Å². The smallest absolute Gasteiger partial charge is 0.226 e. The Morgan fingerprint density at radius 1 is 1.25 bits per heavy atom. The van der Waals surface area contributed by atoms with Crippen molar-refractivity contribution in [1.82, 2.24) is 15.3 Å². The number of carbonyl (C=O) groups excluding carboxylic acids is 1. The summed E-state index contributed by atoms with van der Waals surface area (Å²) in [5, 5.41) is 8.81. The molecule has 1 saturated heterocycles. The van der Waals surface area contributed by atoms with Gasteiger partial charge in [0.1, 0.15) is 5.69 Å². The van der Waals surface area contributed by atoms with Gasteiger partial charge in [-0.1, -0.05) is 6.07 Å². The van der Waals surface area contributed by atoms with E-state index in [1.54, 1.807) is 6.20 Å². The Bertz CT molecular complexity index is 618. The molecule has 0 spiro atoms. The van der Waals surface area contributed by atoms with E-state index in [1.807, 2.05) is 23.6 Å². The number of hydrogen-bond donors (Lipinski definition) is 2. The largest absolute Gasteiger partial charge is 0.317 e. The van der Waals surface area contributed by atoms with Crippen LogP contribution in [-0.4, -0.2) is 29.0 Å². The van der Waals surface area contributed by atoms with Gasteiger partial charge in [-0.15, -0.1) is 36.2 Å². The molecular formula is C16H22Cl2N4OS. The van der Waals surface area contributed by atoms with E-state index in [0.29, 0.717) is 17.5 Å². The van der Waals surface area contributed by atoms with E-state index < -0.39 is 0 Å². The third-order valence-electron chi connectivity index (χ3n) is 3.92. The maximum Gasteiger partial charge on any atom is 0.226 e. The number of aromatic nitrogens is 2. The van der Waals surface area contributed by atoms with Crippen LogP contribution in [0, 0.1) is 5.92 Å². The van der Waals surface area contributed by atoms with Crippen molar-refractivity contribution in [2.24, 2.45) is 5.92 Å². The summed E-state index contributed by atoms with van der Waals surface area (Å²) in [5.41, 5.74) is 1.63. The van der Waals surface area contributed by atoms with E-state index in [-0.39, 0.29) is 30.7 Å². The zero-order valence-corrected chi connectivity index (χ0v) is 15.7. The van der Waals surface area contributed by atoms with Crippen molar-refractivity contribution in [3.63, 3.8) is 0 Å².